The van der Waals surface area contributed by atoms with Gasteiger partial charge in [0.05, 0.1) is 19.4 Å². The SMILES string of the molecule is O=C(O)C1CN(C(=O)C=Cc2ccco2)CCO1. The monoisotopic (exact) mass is 251 g/mol. The molecule has 1 saturated heterocycles. The predicted molar refractivity (Wildman–Crippen MR) is 61.7 cm³/mol. The van der Waals surface area contributed by atoms with Gasteiger partial charge in [-0.25, -0.2) is 4.79 Å². The zero-order valence-corrected chi connectivity index (χ0v) is 9.61. The van der Waals surface area contributed by atoms with E-state index < -0.39 is 12.1 Å². The fraction of sp³-hybridized carbons (Fsp3) is 0.333. The van der Waals surface area contributed by atoms with Gasteiger partial charge in [0.15, 0.2) is 6.10 Å². The van der Waals surface area contributed by atoms with Gasteiger partial charge in [0.1, 0.15) is 5.76 Å². The molecule has 1 aliphatic heterocycles. The molecule has 2 heterocycles. The van der Waals surface area contributed by atoms with Gasteiger partial charge in [-0.05, 0) is 18.2 Å². The molecular formula is C12H13NO5. The van der Waals surface area contributed by atoms with Gasteiger partial charge in [-0.1, -0.05) is 0 Å². The quantitative estimate of drug-likeness (QED) is 0.796. The Morgan fingerprint density at radius 2 is 2.33 bits per heavy atom. The van der Waals surface area contributed by atoms with Crippen LogP contribution in [0.2, 0.25) is 0 Å². The number of furan rings is 1. The number of morpholine rings is 1. The highest BCUT2D eigenvalue weighted by Crippen LogP contribution is 2.08. The number of carbonyl (C=O) groups is 2. The van der Waals surface area contributed by atoms with Crippen molar-refractivity contribution in [1.29, 1.82) is 0 Å². The molecule has 96 valence electrons. The van der Waals surface area contributed by atoms with E-state index in [1.165, 1.54) is 17.2 Å². The largest absolute Gasteiger partial charge is 0.479 e. The van der Waals surface area contributed by atoms with Crippen LogP contribution in [0.1, 0.15) is 5.76 Å². The summed E-state index contributed by atoms with van der Waals surface area (Å²) in [5.41, 5.74) is 0. The Morgan fingerprint density at radius 3 is 3.00 bits per heavy atom. The van der Waals surface area contributed by atoms with Crippen LogP contribution in [0.4, 0.5) is 0 Å². The maximum absolute atomic E-state index is 11.8. The van der Waals surface area contributed by atoms with Gasteiger partial charge in [-0.15, -0.1) is 0 Å². The molecule has 1 aromatic rings. The number of rotatable bonds is 3. The molecule has 0 saturated carbocycles. The van der Waals surface area contributed by atoms with Crippen LogP contribution >= 0.6 is 0 Å². The highest BCUT2D eigenvalue weighted by Gasteiger charge is 2.27. The molecule has 1 amide bonds. The summed E-state index contributed by atoms with van der Waals surface area (Å²) in [6, 6.07) is 3.45. The van der Waals surface area contributed by atoms with Gasteiger partial charge in [-0.2, -0.15) is 0 Å². The van der Waals surface area contributed by atoms with Crippen LogP contribution in [-0.4, -0.2) is 47.7 Å². The van der Waals surface area contributed by atoms with E-state index in [2.05, 4.69) is 0 Å². The lowest BCUT2D eigenvalue weighted by molar-refractivity contribution is -0.158. The van der Waals surface area contributed by atoms with Crippen molar-refractivity contribution in [1.82, 2.24) is 4.90 Å². The molecule has 1 aliphatic rings. The van der Waals surface area contributed by atoms with Gasteiger partial charge in [0, 0.05) is 12.6 Å². The Balaban J connectivity index is 1.94. The van der Waals surface area contributed by atoms with Gasteiger partial charge in [0.25, 0.3) is 0 Å². The minimum Gasteiger partial charge on any atom is -0.479 e. The third-order valence-corrected chi connectivity index (χ3v) is 2.59. The number of hydrogen-bond donors (Lipinski definition) is 1. The first kappa shape index (κ1) is 12.4. The number of carboxylic acid groups (broad SMARTS) is 1. The summed E-state index contributed by atoms with van der Waals surface area (Å²) >= 11 is 0. The third kappa shape index (κ3) is 2.98. The number of hydrogen-bond acceptors (Lipinski definition) is 4. The molecule has 0 radical (unpaired) electrons. The average molecular weight is 251 g/mol. The first-order chi connectivity index (χ1) is 8.66. The summed E-state index contributed by atoms with van der Waals surface area (Å²) in [7, 11) is 0. The summed E-state index contributed by atoms with van der Waals surface area (Å²) in [4.78, 5) is 24.0. The van der Waals surface area contributed by atoms with Crippen LogP contribution in [0, 0.1) is 0 Å². The predicted octanol–water partition coefficient (Wildman–Crippen LogP) is 0.605. The highest BCUT2D eigenvalue weighted by atomic mass is 16.5. The van der Waals surface area contributed by atoms with E-state index >= 15 is 0 Å². The zero-order chi connectivity index (χ0) is 13.0. The fourth-order valence-electron chi connectivity index (χ4n) is 1.64. The molecule has 1 unspecified atom stereocenters. The minimum atomic E-state index is -1.05. The second-order valence-corrected chi connectivity index (χ2v) is 3.83. The summed E-state index contributed by atoms with van der Waals surface area (Å²) in [6.07, 6.45) is 3.48. The number of carboxylic acids is 1. The van der Waals surface area contributed by atoms with Crippen molar-refractivity contribution < 1.29 is 23.8 Å². The van der Waals surface area contributed by atoms with Crippen molar-refractivity contribution in [2.45, 2.75) is 6.10 Å². The van der Waals surface area contributed by atoms with Crippen molar-refractivity contribution in [3.05, 3.63) is 30.2 Å². The molecule has 0 aromatic carbocycles. The lowest BCUT2D eigenvalue weighted by Crippen LogP contribution is -2.48. The molecule has 6 heteroatoms. The molecule has 1 aromatic heterocycles. The average Bonchev–Trinajstić information content (AvgIpc) is 2.89. The zero-order valence-electron chi connectivity index (χ0n) is 9.61. The first-order valence-electron chi connectivity index (χ1n) is 5.52. The van der Waals surface area contributed by atoms with Crippen LogP contribution < -0.4 is 0 Å². The van der Waals surface area contributed by atoms with Crippen molar-refractivity contribution >= 4 is 18.0 Å². The first-order valence-corrected chi connectivity index (χ1v) is 5.52. The topological polar surface area (TPSA) is 80.0 Å². The van der Waals surface area contributed by atoms with E-state index in [-0.39, 0.29) is 19.1 Å². The van der Waals surface area contributed by atoms with Crippen molar-refractivity contribution in [2.24, 2.45) is 0 Å². The number of carbonyl (C=O) groups excluding carboxylic acids is 1. The number of aliphatic carboxylic acids is 1. The Morgan fingerprint density at radius 1 is 1.50 bits per heavy atom. The van der Waals surface area contributed by atoms with Crippen LogP contribution in [-0.2, 0) is 14.3 Å². The van der Waals surface area contributed by atoms with E-state index in [4.69, 9.17) is 14.3 Å². The number of nitrogens with zero attached hydrogens (tertiary/aromatic N) is 1. The Labute approximate surface area is 103 Å². The number of amides is 1. The summed E-state index contributed by atoms with van der Waals surface area (Å²) in [5.74, 6) is -0.727. The van der Waals surface area contributed by atoms with E-state index in [9.17, 15) is 9.59 Å². The van der Waals surface area contributed by atoms with Crippen LogP contribution in [0.25, 0.3) is 6.08 Å². The maximum Gasteiger partial charge on any atom is 0.334 e. The molecule has 0 aliphatic carbocycles. The van der Waals surface area contributed by atoms with E-state index in [1.807, 2.05) is 0 Å². The molecule has 1 fully saturated rings. The van der Waals surface area contributed by atoms with Crippen molar-refractivity contribution in [3.63, 3.8) is 0 Å². The Kier molecular flexibility index (Phi) is 3.78. The lowest BCUT2D eigenvalue weighted by Gasteiger charge is -2.29. The summed E-state index contributed by atoms with van der Waals surface area (Å²) in [5, 5.41) is 8.82. The maximum atomic E-state index is 11.8. The Hall–Kier alpha value is -2.08. The van der Waals surface area contributed by atoms with Gasteiger partial charge in [-0.3, -0.25) is 4.79 Å². The standard InChI is InChI=1S/C12H13NO5/c14-11(4-3-9-2-1-6-17-9)13-5-7-18-10(8-13)12(15)16/h1-4,6,10H,5,7-8H2,(H,15,16). The minimum absolute atomic E-state index is 0.0661. The fourth-order valence-corrected chi connectivity index (χ4v) is 1.64. The van der Waals surface area contributed by atoms with E-state index in [0.717, 1.165) is 0 Å². The van der Waals surface area contributed by atoms with E-state index in [0.29, 0.717) is 12.3 Å². The smallest absolute Gasteiger partial charge is 0.334 e. The molecule has 2 rings (SSSR count). The highest BCUT2D eigenvalue weighted by molar-refractivity contribution is 5.91. The summed E-state index contributed by atoms with van der Waals surface area (Å²) in [6.45, 7) is 0.694. The third-order valence-electron chi connectivity index (χ3n) is 2.59. The summed E-state index contributed by atoms with van der Waals surface area (Å²) < 4.78 is 10.1. The molecular weight excluding hydrogens is 238 g/mol. The second-order valence-electron chi connectivity index (χ2n) is 3.83. The van der Waals surface area contributed by atoms with Gasteiger partial charge >= 0.3 is 5.97 Å². The molecule has 0 spiro atoms. The van der Waals surface area contributed by atoms with Crippen molar-refractivity contribution in [3.8, 4) is 0 Å². The molecule has 1 atom stereocenters. The number of ether oxygens (including phenoxy) is 1. The Bertz CT molecular complexity index is 451. The molecule has 18 heavy (non-hydrogen) atoms. The van der Waals surface area contributed by atoms with Crippen LogP contribution in [0.3, 0.4) is 0 Å². The molecule has 0 bridgehead atoms. The lowest BCUT2D eigenvalue weighted by atomic mass is 10.2. The van der Waals surface area contributed by atoms with Gasteiger partial charge < -0.3 is 19.2 Å². The molecule has 1 N–H and O–H groups in total. The van der Waals surface area contributed by atoms with Crippen LogP contribution in [0.5, 0.6) is 0 Å². The van der Waals surface area contributed by atoms with Crippen molar-refractivity contribution in [2.75, 3.05) is 19.7 Å². The van der Waals surface area contributed by atoms with Crippen LogP contribution in [0.15, 0.2) is 28.9 Å². The normalized spacial score (nSPS) is 20.2. The van der Waals surface area contributed by atoms with Gasteiger partial charge in [0.2, 0.25) is 5.91 Å². The molecule has 6 nitrogen and oxygen atoms in total. The second kappa shape index (κ2) is 5.50. The van der Waals surface area contributed by atoms with E-state index in [1.54, 1.807) is 18.2 Å².